The van der Waals surface area contributed by atoms with E-state index in [1.54, 1.807) is 24.3 Å². The maximum Gasteiger partial charge on any atom is 0.340 e. The summed E-state index contributed by atoms with van der Waals surface area (Å²) in [6.07, 6.45) is 3.29. The summed E-state index contributed by atoms with van der Waals surface area (Å²) >= 11 is 0. The number of methoxy groups -OCH3 is 2. The first-order valence-corrected chi connectivity index (χ1v) is 8.95. The van der Waals surface area contributed by atoms with E-state index in [1.807, 2.05) is 0 Å². The molecule has 2 N–H and O–H groups in total. The molecule has 1 heterocycles. The van der Waals surface area contributed by atoms with Crippen molar-refractivity contribution in [2.75, 3.05) is 20.8 Å². The first-order valence-electron chi connectivity index (χ1n) is 8.95. The zero-order valence-electron chi connectivity index (χ0n) is 15.9. The number of benzene rings is 1. The fourth-order valence-corrected chi connectivity index (χ4v) is 3.53. The summed E-state index contributed by atoms with van der Waals surface area (Å²) in [5.74, 6) is 0.0717. The van der Waals surface area contributed by atoms with Gasteiger partial charge in [-0.15, -0.1) is 0 Å². The molecule has 7 nitrogen and oxygen atoms in total. The second-order valence-corrected chi connectivity index (χ2v) is 6.43. The molecule has 0 radical (unpaired) electrons. The Kier molecular flexibility index (Phi) is 5.73. The number of allylic oxidation sites excluding steroid dienone is 2. The van der Waals surface area contributed by atoms with Crippen LogP contribution in [0.2, 0.25) is 0 Å². The van der Waals surface area contributed by atoms with Gasteiger partial charge in [-0.3, -0.25) is 4.79 Å². The maximum absolute atomic E-state index is 12.7. The molecule has 3 rings (SSSR count). The highest BCUT2D eigenvalue weighted by molar-refractivity contribution is 6.03. The first-order chi connectivity index (χ1) is 13.5. The molecule has 7 heteroatoms. The Balaban J connectivity index is 2.14. The molecule has 0 bridgehead atoms. The molecule has 1 aliphatic carbocycles. The molecule has 1 aromatic carbocycles. The third-order valence-electron chi connectivity index (χ3n) is 4.77. The van der Waals surface area contributed by atoms with Crippen LogP contribution in [0, 0.1) is 0 Å². The minimum Gasteiger partial charge on any atom is -0.493 e. The Hall–Kier alpha value is -3.22. The van der Waals surface area contributed by atoms with E-state index in [2.05, 4.69) is 6.58 Å². The van der Waals surface area contributed by atoms with E-state index in [4.69, 9.17) is 24.7 Å². The minimum absolute atomic E-state index is 0.0451. The molecule has 148 valence electrons. The molecule has 1 aliphatic heterocycles. The fourth-order valence-electron chi connectivity index (χ4n) is 3.53. The summed E-state index contributed by atoms with van der Waals surface area (Å²) < 4.78 is 21.6. The largest absolute Gasteiger partial charge is 0.493 e. The topological polar surface area (TPSA) is 97.1 Å². The number of hydrogen-bond acceptors (Lipinski definition) is 7. The second-order valence-electron chi connectivity index (χ2n) is 6.43. The van der Waals surface area contributed by atoms with Crippen molar-refractivity contribution in [3.05, 3.63) is 59.2 Å². The molecule has 1 atom stereocenters. The lowest BCUT2D eigenvalue weighted by Gasteiger charge is -2.32. The van der Waals surface area contributed by atoms with Crippen LogP contribution in [0.5, 0.6) is 11.5 Å². The Morgan fingerprint density at radius 1 is 1.32 bits per heavy atom. The van der Waals surface area contributed by atoms with Gasteiger partial charge in [0.25, 0.3) is 0 Å². The quantitative estimate of drug-likeness (QED) is 0.594. The Morgan fingerprint density at radius 3 is 2.79 bits per heavy atom. The zero-order chi connectivity index (χ0) is 20.3. The molecule has 1 aromatic rings. The lowest BCUT2D eigenvalue weighted by Crippen LogP contribution is -2.31. The third-order valence-corrected chi connectivity index (χ3v) is 4.77. The number of nitrogens with two attached hydrogens (primary N) is 1. The van der Waals surface area contributed by atoms with Crippen LogP contribution < -0.4 is 15.2 Å². The van der Waals surface area contributed by atoms with Crippen molar-refractivity contribution in [2.24, 2.45) is 5.73 Å². The van der Waals surface area contributed by atoms with Crippen LogP contribution in [0.15, 0.2) is 53.6 Å². The van der Waals surface area contributed by atoms with E-state index in [1.165, 1.54) is 14.2 Å². The van der Waals surface area contributed by atoms with E-state index < -0.39 is 11.9 Å². The van der Waals surface area contributed by atoms with Crippen molar-refractivity contribution >= 4 is 11.8 Å². The SMILES string of the molecule is C=CCOc1ccc([C@@H]2C(C(=O)OC)=C(N)OC3=C2C(=O)CCC3)cc1OC. The molecular formula is C21H23NO6. The van der Waals surface area contributed by atoms with Gasteiger partial charge in [0.2, 0.25) is 5.88 Å². The first kappa shape index (κ1) is 19.5. The minimum atomic E-state index is -0.689. The normalized spacial score (nSPS) is 18.9. The summed E-state index contributed by atoms with van der Waals surface area (Å²) in [7, 11) is 2.78. The van der Waals surface area contributed by atoms with Crippen LogP contribution in [-0.4, -0.2) is 32.6 Å². The van der Waals surface area contributed by atoms with Crippen LogP contribution in [0.25, 0.3) is 0 Å². The number of hydrogen-bond donors (Lipinski definition) is 1. The average molecular weight is 385 g/mol. The summed E-state index contributed by atoms with van der Waals surface area (Å²) in [5, 5.41) is 0. The summed E-state index contributed by atoms with van der Waals surface area (Å²) in [6, 6.07) is 5.24. The van der Waals surface area contributed by atoms with E-state index in [9.17, 15) is 9.59 Å². The number of ketones is 1. The van der Waals surface area contributed by atoms with Crippen LogP contribution >= 0.6 is 0 Å². The number of carbonyl (C=O) groups excluding carboxylic acids is 2. The fraction of sp³-hybridized carbons (Fsp3) is 0.333. The summed E-state index contributed by atoms with van der Waals surface area (Å²) in [5.41, 5.74) is 7.27. The van der Waals surface area contributed by atoms with Gasteiger partial charge in [-0.1, -0.05) is 18.7 Å². The molecule has 28 heavy (non-hydrogen) atoms. The van der Waals surface area contributed by atoms with Crippen LogP contribution in [0.3, 0.4) is 0 Å². The summed E-state index contributed by atoms with van der Waals surface area (Å²) in [6.45, 7) is 3.95. The Labute approximate surface area is 163 Å². The van der Waals surface area contributed by atoms with Crippen molar-refractivity contribution in [1.29, 1.82) is 0 Å². The van der Waals surface area contributed by atoms with Gasteiger partial charge in [-0.25, -0.2) is 4.79 Å². The van der Waals surface area contributed by atoms with Crippen molar-refractivity contribution in [3.63, 3.8) is 0 Å². The second kappa shape index (κ2) is 8.21. The molecule has 0 amide bonds. The highest BCUT2D eigenvalue weighted by Gasteiger charge is 2.41. The molecular weight excluding hydrogens is 362 g/mol. The number of carbonyl (C=O) groups is 2. The van der Waals surface area contributed by atoms with Gasteiger partial charge >= 0.3 is 5.97 Å². The number of esters is 1. The number of ether oxygens (including phenoxy) is 4. The standard InChI is InChI=1S/C21H23NO6/c1-4-10-27-14-9-8-12(11-16(14)25-2)17-18-13(23)6-5-7-15(18)28-20(22)19(17)21(24)26-3/h4,8-9,11,17H,1,5-7,10,22H2,2-3H3/t17-/m0/s1. The van der Waals surface area contributed by atoms with E-state index >= 15 is 0 Å². The predicted molar refractivity (Wildman–Crippen MR) is 102 cm³/mol. The Bertz CT molecular complexity index is 883. The smallest absolute Gasteiger partial charge is 0.340 e. The Morgan fingerprint density at radius 2 is 2.11 bits per heavy atom. The molecule has 0 saturated carbocycles. The van der Waals surface area contributed by atoms with Crippen molar-refractivity contribution in [3.8, 4) is 11.5 Å². The molecule has 2 aliphatic rings. The van der Waals surface area contributed by atoms with E-state index in [0.717, 1.165) is 0 Å². The lowest BCUT2D eigenvalue weighted by atomic mass is 9.77. The van der Waals surface area contributed by atoms with Crippen molar-refractivity contribution in [2.45, 2.75) is 25.2 Å². The average Bonchev–Trinajstić information content (AvgIpc) is 2.70. The van der Waals surface area contributed by atoms with Gasteiger partial charge in [0.05, 0.1) is 20.1 Å². The molecule has 0 spiro atoms. The highest BCUT2D eigenvalue weighted by atomic mass is 16.5. The third kappa shape index (κ3) is 3.47. The number of Topliss-reactive ketones (excluding diaryl/α,β-unsaturated/α-hetero) is 1. The van der Waals surface area contributed by atoms with Gasteiger partial charge in [0.1, 0.15) is 17.9 Å². The highest BCUT2D eigenvalue weighted by Crippen LogP contribution is 2.45. The van der Waals surface area contributed by atoms with Gasteiger partial charge in [0, 0.05) is 18.4 Å². The van der Waals surface area contributed by atoms with Gasteiger partial charge in [-0.2, -0.15) is 0 Å². The van der Waals surface area contributed by atoms with Crippen molar-refractivity contribution in [1.82, 2.24) is 0 Å². The van der Waals surface area contributed by atoms with E-state index in [-0.39, 0.29) is 17.2 Å². The van der Waals surface area contributed by atoms with Crippen LogP contribution in [0.1, 0.15) is 30.7 Å². The lowest BCUT2D eigenvalue weighted by molar-refractivity contribution is -0.136. The van der Waals surface area contributed by atoms with Gasteiger partial charge < -0.3 is 24.7 Å². The summed E-state index contributed by atoms with van der Waals surface area (Å²) in [4.78, 5) is 25.2. The maximum atomic E-state index is 12.7. The van der Waals surface area contributed by atoms with E-state index in [0.29, 0.717) is 54.3 Å². The monoisotopic (exact) mass is 385 g/mol. The number of rotatable bonds is 6. The van der Waals surface area contributed by atoms with Crippen LogP contribution in [-0.2, 0) is 19.1 Å². The predicted octanol–water partition coefficient (Wildman–Crippen LogP) is 2.72. The molecule has 0 saturated heterocycles. The zero-order valence-corrected chi connectivity index (χ0v) is 15.9. The van der Waals surface area contributed by atoms with Crippen molar-refractivity contribution < 1.29 is 28.5 Å². The van der Waals surface area contributed by atoms with Crippen LogP contribution in [0.4, 0.5) is 0 Å². The van der Waals surface area contributed by atoms with Gasteiger partial charge in [-0.05, 0) is 24.1 Å². The molecule has 0 aromatic heterocycles. The molecule has 0 unspecified atom stereocenters. The molecule has 0 fully saturated rings. The van der Waals surface area contributed by atoms with Gasteiger partial charge in [0.15, 0.2) is 17.3 Å².